The number of hydrogen-bond acceptors (Lipinski definition) is 5. The summed E-state index contributed by atoms with van der Waals surface area (Å²) in [6.45, 7) is 0. The van der Waals surface area contributed by atoms with Gasteiger partial charge in [-0.1, -0.05) is 41.6 Å². The zero-order valence-electron chi connectivity index (χ0n) is 14.4. The van der Waals surface area contributed by atoms with Crippen LogP contribution in [0.2, 0.25) is 0 Å². The van der Waals surface area contributed by atoms with Crippen molar-refractivity contribution in [3.05, 3.63) is 71.0 Å². The maximum atomic E-state index is 11.7. The molecule has 1 N–H and O–H groups in total. The topological polar surface area (TPSA) is 89.4 Å². The van der Waals surface area contributed by atoms with Gasteiger partial charge in [0.15, 0.2) is 5.65 Å². The molecule has 3 heterocycles. The van der Waals surface area contributed by atoms with Gasteiger partial charge in [-0.3, -0.25) is 4.79 Å². The molecule has 7 nitrogen and oxygen atoms in total. The minimum atomic E-state index is -0.203. The van der Waals surface area contributed by atoms with E-state index in [1.54, 1.807) is 10.7 Å². The third kappa shape index (κ3) is 2.56. The van der Waals surface area contributed by atoms with E-state index in [0.717, 1.165) is 27.9 Å². The Balaban J connectivity index is 1.84. The first-order chi connectivity index (χ1) is 13.2. The van der Waals surface area contributed by atoms with E-state index in [1.807, 2.05) is 55.6 Å². The highest BCUT2D eigenvalue weighted by Gasteiger charge is 2.15. The predicted molar refractivity (Wildman–Crippen MR) is 103 cm³/mol. The molecule has 0 bridgehead atoms. The highest BCUT2D eigenvalue weighted by molar-refractivity contribution is 5.88. The van der Waals surface area contributed by atoms with Crippen LogP contribution in [-0.2, 0) is 7.05 Å². The van der Waals surface area contributed by atoms with Crippen molar-refractivity contribution in [1.82, 2.24) is 29.9 Å². The lowest BCUT2D eigenvalue weighted by Gasteiger charge is -2.10. The van der Waals surface area contributed by atoms with Crippen LogP contribution in [0.1, 0.15) is 0 Å². The summed E-state index contributed by atoms with van der Waals surface area (Å²) in [6, 6.07) is 18.8. The molecule has 27 heavy (non-hydrogen) atoms. The normalized spacial score (nSPS) is 11.3. The fourth-order valence-corrected chi connectivity index (χ4v) is 3.15. The van der Waals surface area contributed by atoms with Crippen LogP contribution in [0.15, 0.2) is 65.5 Å². The number of aryl methyl sites for hydroxylation is 1. The van der Waals surface area contributed by atoms with Gasteiger partial charge in [-0.2, -0.15) is 0 Å². The number of aromatic nitrogens is 6. The van der Waals surface area contributed by atoms with Crippen LogP contribution in [0.5, 0.6) is 0 Å². The smallest absolute Gasteiger partial charge is 0.249 e. The Hall–Kier alpha value is -3.87. The van der Waals surface area contributed by atoms with Crippen LogP contribution in [0.4, 0.5) is 0 Å². The highest BCUT2D eigenvalue weighted by Crippen LogP contribution is 2.31. The van der Waals surface area contributed by atoms with Crippen molar-refractivity contribution in [2.24, 2.45) is 7.05 Å². The summed E-state index contributed by atoms with van der Waals surface area (Å²) >= 11 is 0. The largest absolute Gasteiger partial charge is 0.305 e. The zero-order chi connectivity index (χ0) is 18.4. The van der Waals surface area contributed by atoms with E-state index in [1.165, 1.54) is 6.07 Å². The van der Waals surface area contributed by atoms with Gasteiger partial charge in [-0.25, -0.2) is 14.6 Å². The Morgan fingerprint density at radius 3 is 2.48 bits per heavy atom. The molecule has 7 heteroatoms. The van der Waals surface area contributed by atoms with Crippen LogP contribution >= 0.6 is 0 Å². The van der Waals surface area contributed by atoms with E-state index in [9.17, 15) is 4.79 Å². The summed E-state index contributed by atoms with van der Waals surface area (Å²) in [5.41, 5.74) is 5.91. The third-order valence-electron chi connectivity index (χ3n) is 4.49. The van der Waals surface area contributed by atoms with Gasteiger partial charge in [0, 0.05) is 24.2 Å². The number of rotatable bonds is 2. The number of aromatic amines is 1. The molecule has 0 radical (unpaired) electrons. The van der Waals surface area contributed by atoms with Gasteiger partial charge in [-0.15, -0.1) is 5.10 Å². The second-order valence-corrected chi connectivity index (χ2v) is 6.26. The third-order valence-corrected chi connectivity index (χ3v) is 4.49. The number of nitrogens with zero attached hydrogens (tertiary/aromatic N) is 5. The van der Waals surface area contributed by atoms with E-state index in [4.69, 9.17) is 9.97 Å². The van der Waals surface area contributed by atoms with Crippen LogP contribution in [0.3, 0.4) is 0 Å². The molecule has 0 aliphatic carbocycles. The van der Waals surface area contributed by atoms with Crippen LogP contribution in [0.25, 0.3) is 44.7 Å². The lowest BCUT2D eigenvalue weighted by atomic mass is 10.0. The Bertz CT molecular complexity index is 1350. The number of nitrogens with one attached hydrogen (secondary N) is 1. The van der Waals surface area contributed by atoms with Gasteiger partial charge in [0.05, 0.1) is 16.9 Å². The fourth-order valence-electron chi connectivity index (χ4n) is 3.15. The summed E-state index contributed by atoms with van der Waals surface area (Å²) in [4.78, 5) is 24.0. The molecule has 2 aromatic carbocycles. The number of pyridine rings is 1. The van der Waals surface area contributed by atoms with Crippen molar-refractivity contribution in [3.8, 4) is 22.5 Å². The molecule has 0 fully saturated rings. The molecule has 5 aromatic rings. The molecule has 0 aliphatic rings. The van der Waals surface area contributed by atoms with E-state index < -0.39 is 0 Å². The molecule has 0 unspecified atom stereocenters. The van der Waals surface area contributed by atoms with Crippen molar-refractivity contribution in [1.29, 1.82) is 0 Å². The molecule has 130 valence electrons. The van der Waals surface area contributed by atoms with Crippen molar-refractivity contribution >= 4 is 22.2 Å². The Kier molecular flexibility index (Phi) is 3.33. The maximum Gasteiger partial charge on any atom is 0.249 e. The highest BCUT2D eigenvalue weighted by atomic mass is 16.1. The van der Waals surface area contributed by atoms with Crippen LogP contribution in [-0.4, -0.2) is 29.9 Å². The van der Waals surface area contributed by atoms with E-state index in [-0.39, 0.29) is 5.56 Å². The predicted octanol–water partition coefficient (Wildman–Crippen LogP) is 2.93. The quantitative estimate of drug-likeness (QED) is 0.526. The standard InChI is InChI=1S/C20H14N6O/c1-26-16-11-13(7-8-14(16)24-25-26)19-18(12-5-3-2-4-6-12)23-20-15(21-19)9-10-17(27)22-20/h2-11H,1H3,(H,22,23,27). The molecule has 0 amide bonds. The zero-order valence-corrected chi connectivity index (χ0v) is 14.4. The first-order valence-electron chi connectivity index (χ1n) is 8.45. The minimum absolute atomic E-state index is 0.203. The van der Waals surface area contributed by atoms with Crippen molar-refractivity contribution in [2.45, 2.75) is 0 Å². The summed E-state index contributed by atoms with van der Waals surface area (Å²) < 4.78 is 1.73. The monoisotopic (exact) mass is 354 g/mol. The average Bonchev–Trinajstić information content (AvgIpc) is 3.08. The van der Waals surface area contributed by atoms with Gasteiger partial charge < -0.3 is 4.98 Å². The first-order valence-corrected chi connectivity index (χ1v) is 8.45. The maximum absolute atomic E-state index is 11.7. The van der Waals surface area contributed by atoms with Gasteiger partial charge in [0.2, 0.25) is 5.56 Å². The SMILES string of the molecule is Cn1nnc2ccc(-c3nc4ccc(=O)[nH]c4nc3-c3ccccc3)cc21. The fraction of sp³-hybridized carbons (Fsp3) is 0.0500. The molecule has 0 saturated heterocycles. The van der Waals surface area contributed by atoms with E-state index in [2.05, 4.69) is 15.3 Å². The molecule has 0 saturated carbocycles. The summed E-state index contributed by atoms with van der Waals surface area (Å²) in [5, 5.41) is 8.19. The summed E-state index contributed by atoms with van der Waals surface area (Å²) in [7, 11) is 1.86. The minimum Gasteiger partial charge on any atom is -0.305 e. The molecule has 3 aromatic heterocycles. The van der Waals surface area contributed by atoms with Crippen molar-refractivity contribution in [3.63, 3.8) is 0 Å². The van der Waals surface area contributed by atoms with Crippen LogP contribution < -0.4 is 5.56 Å². The van der Waals surface area contributed by atoms with E-state index in [0.29, 0.717) is 16.9 Å². The summed E-state index contributed by atoms with van der Waals surface area (Å²) in [5.74, 6) is 0. The Morgan fingerprint density at radius 2 is 1.63 bits per heavy atom. The van der Waals surface area contributed by atoms with Gasteiger partial charge in [0.25, 0.3) is 0 Å². The number of fused-ring (bicyclic) bond motifs is 2. The van der Waals surface area contributed by atoms with Gasteiger partial charge in [-0.05, 0) is 18.2 Å². The first kappa shape index (κ1) is 15.4. The second-order valence-electron chi connectivity index (χ2n) is 6.26. The lowest BCUT2D eigenvalue weighted by molar-refractivity contribution is 0.736. The van der Waals surface area contributed by atoms with Crippen molar-refractivity contribution < 1.29 is 0 Å². The second kappa shape index (κ2) is 5.84. The molecule has 0 aliphatic heterocycles. The van der Waals surface area contributed by atoms with Crippen LogP contribution in [0, 0.1) is 0 Å². The average molecular weight is 354 g/mol. The Morgan fingerprint density at radius 1 is 0.852 bits per heavy atom. The van der Waals surface area contributed by atoms with Gasteiger partial charge >= 0.3 is 0 Å². The van der Waals surface area contributed by atoms with Crippen molar-refractivity contribution in [2.75, 3.05) is 0 Å². The van der Waals surface area contributed by atoms with E-state index >= 15 is 0 Å². The molecule has 0 spiro atoms. The summed E-state index contributed by atoms with van der Waals surface area (Å²) in [6.07, 6.45) is 0. The number of H-pyrrole nitrogens is 1. The molecular formula is C20H14N6O. The number of benzene rings is 2. The number of hydrogen-bond donors (Lipinski definition) is 1. The molecule has 0 atom stereocenters. The molecule has 5 rings (SSSR count). The Labute approximate surface area is 153 Å². The van der Waals surface area contributed by atoms with Gasteiger partial charge in [0.1, 0.15) is 11.0 Å². The lowest BCUT2D eigenvalue weighted by Crippen LogP contribution is -2.06. The molecular weight excluding hydrogens is 340 g/mol.